The maximum absolute atomic E-state index is 13.2. The van der Waals surface area contributed by atoms with Crippen molar-refractivity contribution in [1.29, 1.82) is 0 Å². The fraction of sp³-hybridized carbons (Fsp3) is 0.368. The van der Waals surface area contributed by atoms with Gasteiger partial charge in [0.2, 0.25) is 0 Å². The quantitative estimate of drug-likeness (QED) is 0.0386. The van der Waals surface area contributed by atoms with E-state index in [-0.39, 0.29) is 51.2 Å². The van der Waals surface area contributed by atoms with Crippen molar-refractivity contribution in [2.24, 2.45) is 0 Å². The van der Waals surface area contributed by atoms with Gasteiger partial charge in [-0.05, 0) is 108 Å². The van der Waals surface area contributed by atoms with Gasteiger partial charge in [-0.15, -0.1) is 0 Å². The number of aliphatic hydroxyl groups excluding tert-OH is 4. The molecule has 28 heteroatoms. The van der Waals surface area contributed by atoms with Gasteiger partial charge in [-0.1, -0.05) is 36.4 Å². The van der Waals surface area contributed by atoms with Crippen LogP contribution in [0.15, 0.2) is 144 Å². The molecular weight excluding hydrogens is 1350 g/mol. The molecule has 0 saturated carbocycles. The number of Topliss-reactive ketones (excluding diaryl/α,β-unsaturated/α-hetero) is 3. The van der Waals surface area contributed by atoms with E-state index in [9.17, 15) is 59.4 Å². The molecule has 6 aromatic carbocycles. The fourth-order valence-electron chi connectivity index (χ4n) is 13.7. The molecule has 0 spiro atoms. The Balaban J connectivity index is 0.000000145. The van der Waals surface area contributed by atoms with E-state index in [0.717, 1.165) is 46.4 Å². The number of amides is 3. The third-order valence-corrected chi connectivity index (χ3v) is 18.9. The van der Waals surface area contributed by atoms with Gasteiger partial charge in [0.15, 0.2) is 34.5 Å². The molecule has 6 saturated heterocycles. The summed E-state index contributed by atoms with van der Waals surface area (Å²) in [5.41, 5.74) is 2.61. The second kappa shape index (κ2) is 33.6. The molecule has 7 N–H and O–H groups in total. The molecular formula is C76H82N6O22. The number of rotatable bonds is 15. The number of morpholine rings is 3. The van der Waals surface area contributed by atoms with E-state index in [1.807, 2.05) is 0 Å². The smallest absolute Gasteiger partial charge is 0.295 e. The lowest BCUT2D eigenvalue weighted by molar-refractivity contribution is -0.140. The number of nitrogens with zero attached hydrogens (tertiary/aromatic N) is 6. The number of carbonyl (C=O) groups is 6. The maximum atomic E-state index is 13.2. The number of aliphatic hydroxyl groups is 4. The number of aromatic hydroxyl groups is 3. The third-order valence-electron chi connectivity index (χ3n) is 18.9. The van der Waals surface area contributed by atoms with Crippen LogP contribution in [-0.2, 0) is 43.0 Å². The number of phenols is 3. The number of carbonyl (C=O) groups excluding carboxylic acids is 6. The summed E-state index contributed by atoms with van der Waals surface area (Å²) in [5.74, 6) is -2.12. The summed E-state index contributed by atoms with van der Waals surface area (Å²) in [6.07, 6.45) is 0. The van der Waals surface area contributed by atoms with E-state index < -0.39 is 53.2 Å². The van der Waals surface area contributed by atoms with Gasteiger partial charge in [0.05, 0.1) is 74.5 Å². The third kappa shape index (κ3) is 16.2. The van der Waals surface area contributed by atoms with Crippen LogP contribution in [0.2, 0.25) is 0 Å². The zero-order valence-corrected chi connectivity index (χ0v) is 57.3. The molecule has 6 aromatic rings. The van der Waals surface area contributed by atoms with Crippen LogP contribution in [0, 0.1) is 0 Å². The molecule has 9 aliphatic heterocycles. The Labute approximate surface area is 598 Å². The normalized spacial score (nSPS) is 21.9. The van der Waals surface area contributed by atoms with Crippen LogP contribution in [0.25, 0.3) is 17.3 Å². The molecule has 9 aliphatic rings. The van der Waals surface area contributed by atoms with E-state index in [1.165, 1.54) is 51.1 Å². The lowest BCUT2D eigenvalue weighted by Gasteiger charge is -2.31. The zero-order valence-electron chi connectivity index (χ0n) is 57.3. The largest absolute Gasteiger partial charge is 0.508 e. The van der Waals surface area contributed by atoms with Crippen molar-refractivity contribution in [3.63, 3.8) is 0 Å². The van der Waals surface area contributed by atoms with Crippen LogP contribution in [0.3, 0.4) is 0 Å². The molecule has 28 nitrogen and oxygen atoms in total. The van der Waals surface area contributed by atoms with Gasteiger partial charge in [0, 0.05) is 102 Å². The number of benzene rings is 6. The fourth-order valence-corrected chi connectivity index (χ4v) is 13.7. The van der Waals surface area contributed by atoms with Crippen LogP contribution in [0.1, 0.15) is 51.5 Å². The second-order valence-electron chi connectivity index (χ2n) is 25.2. The van der Waals surface area contributed by atoms with E-state index in [0.29, 0.717) is 186 Å². The van der Waals surface area contributed by atoms with Gasteiger partial charge in [-0.25, -0.2) is 0 Å². The number of hydrogen-bond donors (Lipinski definition) is 7. The highest BCUT2D eigenvalue weighted by Crippen LogP contribution is 2.46. The number of hydrogen-bond acceptors (Lipinski definition) is 25. The summed E-state index contributed by atoms with van der Waals surface area (Å²) in [6.45, 7) is 13.3. The Bertz CT molecular complexity index is 3850. The highest BCUT2D eigenvalue weighted by molar-refractivity contribution is 6.48. The van der Waals surface area contributed by atoms with Crippen LogP contribution < -0.4 is 28.4 Å². The van der Waals surface area contributed by atoms with Crippen molar-refractivity contribution in [2.45, 2.75) is 18.1 Å². The number of likely N-dealkylation sites (tertiary alicyclic amines) is 3. The number of fused-ring (bicyclic) bond motifs is 3. The van der Waals surface area contributed by atoms with Crippen LogP contribution in [0.5, 0.6) is 51.7 Å². The summed E-state index contributed by atoms with van der Waals surface area (Å²) in [6, 6.07) is 31.4. The van der Waals surface area contributed by atoms with E-state index in [4.69, 9.17) is 47.7 Å². The van der Waals surface area contributed by atoms with Crippen LogP contribution in [0.4, 0.5) is 0 Å². The number of phenolic OH excluding ortho intramolecular Hbond substituents is 3. The van der Waals surface area contributed by atoms with Gasteiger partial charge in [-0.3, -0.25) is 43.5 Å². The molecule has 3 unspecified atom stereocenters. The predicted octanol–water partition coefficient (Wildman–Crippen LogP) is 5.36. The van der Waals surface area contributed by atoms with Crippen molar-refractivity contribution < 1.29 is 107 Å². The maximum Gasteiger partial charge on any atom is 0.295 e. The SMILES string of the molecule is CO.O=C1C(=O)N(CCN2CCOCC2)C(c2cccc(O)c2)/C1=C(\O)c1ccc2c(c1)OCCO2.O=C1C(=O)N(CCN2CCOCC2)C(c2cccc(O)c2)/C1=C(\O)c1ccc2c(c1)OCCO2.O=C1C(=O)N(CCN2CCOCC2)C(c2cccc(O)c2)/C1=C(\O)c1ccc2c(c1)OCCO2. The minimum absolute atomic E-state index is 0.00981. The van der Waals surface area contributed by atoms with Crippen molar-refractivity contribution in [2.75, 3.05) is 165 Å². The summed E-state index contributed by atoms with van der Waals surface area (Å²) < 4.78 is 49.6. The summed E-state index contributed by atoms with van der Waals surface area (Å²) in [7, 11) is 1.00. The standard InChI is InChI=1S/3C25H26N2O7.CH4O/c3*28-18-3-1-2-16(14-18)22-21(23(29)17-4-5-19-20(15-17)34-13-12-33-19)24(30)25(31)27(22)7-6-26-8-10-32-11-9-26;1-2/h3*1-5,14-15,22,28-29H,6-13H2;2H,1H3/b3*23-21+;. The Morgan fingerprint density at radius 1 is 0.327 bits per heavy atom. The average molecular weight is 1430 g/mol. The molecule has 6 fully saturated rings. The molecule has 9 heterocycles. The molecule has 3 amide bonds. The minimum atomic E-state index is -0.832. The van der Waals surface area contributed by atoms with Crippen molar-refractivity contribution in [1.82, 2.24) is 29.4 Å². The van der Waals surface area contributed by atoms with Gasteiger partial charge in [-0.2, -0.15) is 0 Å². The Hall–Kier alpha value is -10.7. The van der Waals surface area contributed by atoms with Crippen molar-refractivity contribution in [3.05, 3.63) is 177 Å². The van der Waals surface area contributed by atoms with E-state index in [1.54, 1.807) is 91.0 Å². The number of ether oxygens (including phenoxy) is 9. The van der Waals surface area contributed by atoms with Crippen LogP contribution in [-0.4, -0.2) is 265 Å². The van der Waals surface area contributed by atoms with Gasteiger partial charge in [0.1, 0.15) is 74.2 Å². The summed E-state index contributed by atoms with van der Waals surface area (Å²) in [5, 5.41) is 71.0. The molecule has 104 heavy (non-hydrogen) atoms. The zero-order chi connectivity index (χ0) is 73.0. The molecule has 548 valence electrons. The summed E-state index contributed by atoms with van der Waals surface area (Å²) >= 11 is 0. The summed E-state index contributed by atoms with van der Waals surface area (Å²) in [4.78, 5) is 89.8. The lowest BCUT2D eigenvalue weighted by atomic mass is 9.95. The Kier molecular flexibility index (Phi) is 23.6. The molecule has 15 rings (SSSR count). The molecule has 0 aromatic heterocycles. The van der Waals surface area contributed by atoms with E-state index in [2.05, 4.69) is 14.7 Å². The highest BCUT2D eigenvalue weighted by atomic mass is 16.6. The van der Waals surface area contributed by atoms with Crippen molar-refractivity contribution in [3.8, 4) is 51.7 Å². The molecule has 0 bridgehead atoms. The van der Waals surface area contributed by atoms with E-state index >= 15 is 0 Å². The highest BCUT2D eigenvalue weighted by Gasteiger charge is 2.49. The number of ketones is 3. The van der Waals surface area contributed by atoms with Gasteiger partial charge < -0.3 is 93.1 Å². The topological polar surface area (TPSA) is 347 Å². The molecule has 0 radical (unpaired) electrons. The van der Waals surface area contributed by atoms with Gasteiger partial charge >= 0.3 is 0 Å². The first-order chi connectivity index (χ1) is 50.6. The first-order valence-corrected chi connectivity index (χ1v) is 34.4. The molecule has 0 aliphatic carbocycles. The lowest BCUT2D eigenvalue weighted by Crippen LogP contribution is -2.42. The first kappa shape index (κ1) is 73.0. The van der Waals surface area contributed by atoms with Gasteiger partial charge in [0.25, 0.3) is 35.1 Å². The molecule has 3 atom stereocenters. The minimum Gasteiger partial charge on any atom is -0.508 e. The Morgan fingerprint density at radius 3 is 0.827 bits per heavy atom. The first-order valence-electron chi connectivity index (χ1n) is 34.4. The monoisotopic (exact) mass is 1430 g/mol. The Morgan fingerprint density at radius 2 is 0.577 bits per heavy atom. The average Bonchev–Trinajstić information content (AvgIpc) is 1.61. The second-order valence-corrected chi connectivity index (χ2v) is 25.2. The predicted molar refractivity (Wildman–Crippen MR) is 374 cm³/mol. The van der Waals surface area contributed by atoms with Crippen molar-refractivity contribution >= 4 is 52.3 Å². The van der Waals surface area contributed by atoms with Crippen LogP contribution >= 0.6 is 0 Å².